The number of nitrogens with zero attached hydrogens (tertiary/aromatic N) is 4. The van der Waals surface area contributed by atoms with Crippen molar-refractivity contribution in [2.45, 2.75) is 19.3 Å². The van der Waals surface area contributed by atoms with E-state index in [9.17, 15) is 0 Å². The Labute approximate surface area is 317 Å². The van der Waals surface area contributed by atoms with Crippen molar-refractivity contribution in [3.05, 3.63) is 181 Å². The monoisotopic (exact) mass is 702 g/mol. The number of benzene rings is 8. The Hall–Kier alpha value is -7.04. The Morgan fingerprint density at radius 1 is 0.436 bits per heavy atom. The maximum absolute atomic E-state index is 5.51. The van der Waals surface area contributed by atoms with Gasteiger partial charge in [-0.2, -0.15) is 0 Å². The molecule has 55 heavy (non-hydrogen) atoms. The first-order chi connectivity index (χ1) is 27.1. The molecule has 0 saturated carbocycles. The van der Waals surface area contributed by atoms with E-state index in [1.807, 2.05) is 0 Å². The van der Waals surface area contributed by atoms with E-state index in [0.717, 1.165) is 33.3 Å². The Bertz CT molecular complexity index is 3400. The highest BCUT2D eigenvalue weighted by atomic mass is 15.2. The van der Waals surface area contributed by atoms with Gasteiger partial charge in [-0.3, -0.25) is 4.57 Å². The van der Waals surface area contributed by atoms with E-state index in [4.69, 9.17) is 9.97 Å². The van der Waals surface area contributed by atoms with Gasteiger partial charge in [-0.15, -0.1) is 0 Å². The summed E-state index contributed by atoms with van der Waals surface area (Å²) in [6, 6.07) is 61.6. The third kappa shape index (κ3) is 4.11. The lowest BCUT2D eigenvalue weighted by Gasteiger charge is -2.34. The topological polar surface area (TPSA) is 35.6 Å². The fourth-order valence-electron chi connectivity index (χ4n) is 9.63. The summed E-state index contributed by atoms with van der Waals surface area (Å²) in [5.41, 5.74) is 13.7. The minimum absolute atomic E-state index is 0.161. The number of hydrogen-bond donors (Lipinski definition) is 0. The molecule has 0 spiro atoms. The van der Waals surface area contributed by atoms with Crippen molar-refractivity contribution in [3.8, 4) is 34.0 Å². The van der Waals surface area contributed by atoms with Crippen molar-refractivity contribution in [2.75, 3.05) is 0 Å². The van der Waals surface area contributed by atoms with Crippen molar-refractivity contribution in [2.24, 2.45) is 0 Å². The summed E-state index contributed by atoms with van der Waals surface area (Å²) in [6.07, 6.45) is 0. The van der Waals surface area contributed by atoms with Crippen LogP contribution in [0.25, 0.3) is 99.3 Å². The van der Waals surface area contributed by atoms with Crippen LogP contribution in [0.15, 0.2) is 170 Å². The molecule has 0 amide bonds. The van der Waals surface area contributed by atoms with Crippen LogP contribution in [-0.4, -0.2) is 19.1 Å². The van der Waals surface area contributed by atoms with Gasteiger partial charge >= 0.3 is 0 Å². The van der Waals surface area contributed by atoms with E-state index in [0.29, 0.717) is 5.95 Å². The predicted octanol–water partition coefficient (Wildman–Crippen LogP) is 13.0. The molecule has 0 atom stereocenters. The summed E-state index contributed by atoms with van der Waals surface area (Å²) < 4.78 is 4.70. The van der Waals surface area contributed by atoms with Gasteiger partial charge in [0.1, 0.15) is 0 Å². The first-order valence-electron chi connectivity index (χ1n) is 19.0. The zero-order valence-electron chi connectivity index (χ0n) is 30.5. The highest BCUT2D eigenvalue weighted by Gasteiger charge is 2.35. The van der Waals surface area contributed by atoms with Gasteiger partial charge in [0, 0.05) is 49.0 Å². The Kier molecular flexibility index (Phi) is 6.09. The Morgan fingerprint density at radius 3 is 1.89 bits per heavy atom. The molecule has 0 radical (unpaired) electrons. The molecule has 8 aromatic carbocycles. The molecule has 4 heteroatoms. The average molecular weight is 703 g/mol. The fraction of sp³-hybridized carbons (Fsp3) is 0.0588. The van der Waals surface area contributed by atoms with Crippen molar-refractivity contribution >= 4 is 65.3 Å². The van der Waals surface area contributed by atoms with Gasteiger partial charge in [0.25, 0.3) is 0 Å². The molecule has 0 N–H and O–H groups in total. The van der Waals surface area contributed by atoms with E-state index in [-0.39, 0.29) is 5.41 Å². The van der Waals surface area contributed by atoms with Crippen molar-refractivity contribution in [3.63, 3.8) is 0 Å². The Balaban J connectivity index is 1.16. The van der Waals surface area contributed by atoms with E-state index >= 15 is 0 Å². The third-order valence-corrected chi connectivity index (χ3v) is 12.1. The molecule has 0 unspecified atom stereocenters. The van der Waals surface area contributed by atoms with Gasteiger partial charge in [0.2, 0.25) is 5.95 Å². The van der Waals surface area contributed by atoms with Gasteiger partial charge < -0.3 is 4.57 Å². The maximum atomic E-state index is 5.51. The first-order valence-corrected chi connectivity index (χ1v) is 19.0. The molecule has 3 heterocycles. The minimum Gasteiger partial charge on any atom is -0.309 e. The molecule has 258 valence electrons. The summed E-state index contributed by atoms with van der Waals surface area (Å²) >= 11 is 0. The average Bonchev–Trinajstić information content (AvgIpc) is 3.75. The van der Waals surface area contributed by atoms with Gasteiger partial charge in [-0.1, -0.05) is 141 Å². The molecule has 11 aromatic rings. The summed E-state index contributed by atoms with van der Waals surface area (Å²) in [6.45, 7) is 4.63. The number of rotatable bonds is 3. The van der Waals surface area contributed by atoms with Crippen molar-refractivity contribution in [1.82, 2.24) is 19.1 Å². The van der Waals surface area contributed by atoms with Gasteiger partial charge in [-0.05, 0) is 70.1 Å². The third-order valence-electron chi connectivity index (χ3n) is 12.1. The summed E-state index contributed by atoms with van der Waals surface area (Å²) in [7, 11) is 0. The van der Waals surface area contributed by atoms with Crippen LogP contribution in [0.3, 0.4) is 0 Å². The maximum Gasteiger partial charge on any atom is 0.235 e. The van der Waals surface area contributed by atoms with E-state index < -0.39 is 0 Å². The molecular formula is C51H34N4. The zero-order chi connectivity index (χ0) is 36.4. The van der Waals surface area contributed by atoms with Crippen LogP contribution in [0.4, 0.5) is 0 Å². The van der Waals surface area contributed by atoms with Crippen molar-refractivity contribution in [1.29, 1.82) is 0 Å². The fourth-order valence-corrected chi connectivity index (χ4v) is 9.63. The first kappa shape index (κ1) is 30.4. The molecule has 0 fully saturated rings. The van der Waals surface area contributed by atoms with Crippen LogP contribution in [0, 0.1) is 0 Å². The molecule has 4 nitrogen and oxygen atoms in total. The lowest BCUT2D eigenvalue weighted by atomic mass is 9.70. The van der Waals surface area contributed by atoms with E-state index in [2.05, 4.69) is 193 Å². The number of hydrogen-bond acceptors (Lipinski definition) is 2. The second kappa shape index (κ2) is 11.0. The van der Waals surface area contributed by atoms with Gasteiger partial charge in [0.15, 0.2) is 0 Å². The predicted molar refractivity (Wildman–Crippen MR) is 229 cm³/mol. The lowest BCUT2D eigenvalue weighted by Crippen LogP contribution is -2.24. The van der Waals surface area contributed by atoms with Crippen LogP contribution >= 0.6 is 0 Å². The van der Waals surface area contributed by atoms with E-state index in [1.54, 1.807) is 0 Å². The van der Waals surface area contributed by atoms with Crippen LogP contribution in [0.2, 0.25) is 0 Å². The SMILES string of the molecule is CC1(C)c2ccccc2-c2nc(-n3c4ccccc4c4cc(-c5ccc6c7ccccc7n(-c7ccccc7)c6c5)c5ccccc5c43)nc3cccc1c23. The second-order valence-electron chi connectivity index (χ2n) is 15.4. The molecule has 0 aliphatic heterocycles. The molecule has 0 saturated heterocycles. The molecule has 3 aromatic heterocycles. The van der Waals surface area contributed by atoms with Gasteiger partial charge in [0.05, 0.1) is 33.3 Å². The summed E-state index contributed by atoms with van der Waals surface area (Å²) in [4.78, 5) is 10.9. The minimum atomic E-state index is -0.161. The largest absolute Gasteiger partial charge is 0.309 e. The molecular weight excluding hydrogens is 669 g/mol. The van der Waals surface area contributed by atoms with Crippen LogP contribution in [0.5, 0.6) is 0 Å². The molecule has 12 rings (SSSR count). The van der Waals surface area contributed by atoms with E-state index in [1.165, 1.54) is 71.2 Å². The molecule has 1 aliphatic carbocycles. The zero-order valence-corrected chi connectivity index (χ0v) is 30.5. The summed E-state index contributed by atoms with van der Waals surface area (Å²) in [5, 5.41) is 8.36. The van der Waals surface area contributed by atoms with Crippen LogP contribution < -0.4 is 0 Å². The van der Waals surface area contributed by atoms with Crippen molar-refractivity contribution < 1.29 is 0 Å². The van der Waals surface area contributed by atoms with Gasteiger partial charge in [-0.25, -0.2) is 9.97 Å². The normalized spacial score (nSPS) is 13.4. The number of para-hydroxylation sites is 3. The number of fused-ring (bicyclic) bond motifs is 10. The standard InChI is InChI=1S/C51H34N4/c1-51(2)41-22-11-8-21-38(41)48-47-42(51)23-14-24-43(47)52-50(53-48)55-45-26-13-10-19-35(45)40-30-39(33-17-6-7-20-37(33)49(40)55)31-27-28-36-34-18-9-12-25-44(34)54(46(36)29-31)32-15-4-3-5-16-32/h3-30H,1-2H3. The quantitative estimate of drug-likeness (QED) is 0.184. The lowest BCUT2D eigenvalue weighted by molar-refractivity contribution is 0.643. The summed E-state index contributed by atoms with van der Waals surface area (Å²) in [5.74, 6) is 0.687. The smallest absolute Gasteiger partial charge is 0.235 e. The molecule has 0 bridgehead atoms. The van der Waals surface area contributed by atoms with Crippen LogP contribution in [-0.2, 0) is 5.41 Å². The Morgan fingerprint density at radius 2 is 1.07 bits per heavy atom. The highest BCUT2D eigenvalue weighted by Crippen LogP contribution is 2.48. The second-order valence-corrected chi connectivity index (χ2v) is 15.4. The van der Waals surface area contributed by atoms with Crippen LogP contribution in [0.1, 0.15) is 25.0 Å². The molecule has 1 aliphatic rings. The highest BCUT2D eigenvalue weighted by molar-refractivity contribution is 6.22. The number of aromatic nitrogens is 4.